The second kappa shape index (κ2) is 5.41. The van der Waals surface area contributed by atoms with E-state index in [-0.39, 0.29) is 0 Å². The van der Waals surface area contributed by atoms with Crippen LogP contribution in [0.2, 0.25) is 0 Å². The highest BCUT2D eigenvalue weighted by atomic mass is 15.3. The first kappa shape index (κ1) is 13.4. The summed E-state index contributed by atoms with van der Waals surface area (Å²) >= 11 is 0. The Morgan fingerprint density at radius 1 is 1.30 bits per heavy atom. The van der Waals surface area contributed by atoms with Crippen molar-refractivity contribution in [1.29, 1.82) is 0 Å². The van der Waals surface area contributed by atoms with Gasteiger partial charge in [-0.2, -0.15) is 5.10 Å². The van der Waals surface area contributed by atoms with E-state index in [4.69, 9.17) is 5.10 Å². The van der Waals surface area contributed by atoms with Crippen LogP contribution in [0.1, 0.15) is 29.8 Å². The molecule has 1 aromatic carbocycles. The van der Waals surface area contributed by atoms with Gasteiger partial charge >= 0.3 is 0 Å². The maximum absolute atomic E-state index is 4.76. The zero-order chi connectivity index (χ0) is 14.1. The van der Waals surface area contributed by atoms with Gasteiger partial charge in [0.25, 0.3) is 0 Å². The molecule has 106 valence electrons. The van der Waals surface area contributed by atoms with E-state index in [2.05, 4.69) is 55.0 Å². The van der Waals surface area contributed by atoms with Crippen LogP contribution in [0.5, 0.6) is 0 Å². The Bertz CT molecular complexity index is 607. The third kappa shape index (κ3) is 2.50. The molecule has 0 aliphatic carbocycles. The molecule has 0 spiro atoms. The molecule has 1 aromatic heterocycles. The number of rotatable bonds is 3. The Morgan fingerprint density at radius 3 is 2.85 bits per heavy atom. The molecule has 3 nitrogen and oxygen atoms in total. The molecule has 1 N–H and O–H groups in total. The van der Waals surface area contributed by atoms with Gasteiger partial charge in [-0.05, 0) is 45.7 Å². The summed E-state index contributed by atoms with van der Waals surface area (Å²) in [6.07, 6.45) is 2.55. The molecule has 3 rings (SSSR count). The Hall–Kier alpha value is -1.61. The van der Waals surface area contributed by atoms with Gasteiger partial charge in [-0.1, -0.05) is 29.8 Å². The molecule has 1 aliphatic rings. The number of benzene rings is 1. The van der Waals surface area contributed by atoms with Gasteiger partial charge in [0.2, 0.25) is 0 Å². The Kier molecular flexibility index (Phi) is 3.62. The number of aromatic nitrogens is 2. The maximum atomic E-state index is 4.76. The van der Waals surface area contributed by atoms with Crippen LogP contribution in [0.15, 0.2) is 24.3 Å². The van der Waals surface area contributed by atoms with E-state index >= 15 is 0 Å². The summed E-state index contributed by atoms with van der Waals surface area (Å²) < 4.78 is 2.18. The van der Waals surface area contributed by atoms with Crippen LogP contribution in [0.3, 0.4) is 0 Å². The van der Waals surface area contributed by atoms with Crippen molar-refractivity contribution in [3.63, 3.8) is 0 Å². The molecule has 1 aliphatic heterocycles. The quantitative estimate of drug-likeness (QED) is 0.927. The van der Waals surface area contributed by atoms with Crippen molar-refractivity contribution in [3.05, 3.63) is 41.2 Å². The van der Waals surface area contributed by atoms with Crippen molar-refractivity contribution in [3.8, 4) is 11.1 Å². The van der Waals surface area contributed by atoms with E-state index < -0.39 is 0 Å². The highest BCUT2D eigenvalue weighted by Gasteiger charge is 2.19. The molecule has 2 aromatic rings. The molecule has 1 saturated heterocycles. The standard InChI is InChI=1S/C17H23N3/c1-12-6-4-7-15(10-12)17-13(2)19-20(14(17)3)11-16-8-5-9-18-16/h4,6-7,10,16,18H,5,8-9,11H2,1-3H3. The zero-order valence-corrected chi connectivity index (χ0v) is 12.6. The van der Waals surface area contributed by atoms with Crippen LogP contribution < -0.4 is 5.32 Å². The van der Waals surface area contributed by atoms with Crippen LogP contribution in [0.25, 0.3) is 11.1 Å². The monoisotopic (exact) mass is 269 g/mol. The second-order valence-corrected chi connectivity index (χ2v) is 5.89. The predicted octanol–water partition coefficient (Wildman–Crippen LogP) is 3.23. The molecular formula is C17H23N3. The summed E-state index contributed by atoms with van der Waals surface area (Å²) in [5.74, 6) is 0. The fourth-order valence-electron chi connectivity index (χ4n) is 3.21. The summed E-state index contributed by atoms with van der Waals surface area (Å²) in [5, 5.41) is 8.31. The van der Waals surface area contributed by atoms with Crippen LogP contribution in [0.4, 0.5) is 0 Å². The lowest BCUT2D eigenvalue weighted by Crippen LogP contribution is -2.27. The highest BCUT2D eigenvalue weighted by Crippen LogP contribution is 2.28. The van der Waals surface area contributed by atoms with E-state index in [9.17, 15) is 0 Å². The Morgan fingerprint density at radius 2 is 2.15 bits per heavy atom. The normalized spacial score (nSPS) is 18.6. The van der Waals surface area contributed by atoms with Crippen molar-refractivity contribution in [1.82, 2.24) is 15.1 Å². The molecule has 0 saturated carbocycles. The van der Waals surface area contributed by atoms with E-state index in [0.29, 0.717) is 6.04 Å². The molecular weight excluding hydrogens is 246 g/mol. The molecule has 0 radical (unpaired) electrons. The molecule has 2 heterocycles. The largest absolute Gasteiger partial charge is 0.312 e. The molecule has 3 heteroatoms. The van der Waals surface area contributed by atoms with E-state index in [1.165, 1.54) is 35.2 Å². The lowest BCUT2D eigenvalue weighted by molar-refractivity contribution is 0.467. The van der Waals surface area contributed by atoms with Crippen LogP contribution in [-0.4, -0.2) is 22.4 Å². The van der Waals surface area contributed by atoms with Crippen LogP contribution in [-0.2, 0) is 6.54 Å². The number of nitrogens with one attached hydrogen (secondary N) is 1. The van der Waals surface area contributed by atoms with Gasteiger partial charge in [0.1, 0.15) is 0 Å². The molecule has 1 atom stereocenters. The topological polar surface area (TPSA) is 29.9 Å². The van der Waals surface area contributed by atoms with E-state index in [1.54, 1.807) is 0 Å². The average molecular weight is 269 g/mol. The summed E-state index contributed by atoms with van der Waals surface area (Å²) in [6, 6.07) is 9.27. The third-order valence-corrected chi connectivity index (χ3v) is 4.24. The maximum Gasteiger partial charge on any atom is 0.0674 e. The first-order chi connectivity index (χ1) is 9.65. The second-order valence-electron chi connectivity index (χ2n) is 5.89. The van der Waals surface area contributed by atoms with Crippen molar-refractivity contribution in [2.75, 3.05) is 6.54 Å². The number of hydrogen-bond donors (Lipinski definition) is 1. The van der Waals surface area contributed by atoms with Crippen molar-refractivity contribution < 1.29 is 0 Å². The number of nitrogens with zero attached hydrogens (tertiary/aromatic N) is 2. The average Bonchev–Trinajstić information content (AvgIpc) is 2.99. The van der Waals surface area contributed by atoms with Crippen LogP contribution in [0, 0.1) is 20.8 Å². The molecule has 1 fully saturated rings. The number of hydrogen-bond acceptors (Lipinski definition) is 2. The van der Waals surface area contributed by atoms with Gasteiger partial charge in [0.15, 0.2) is 0 Å². The minimum absolute atomic E-state index is 0.582. The molecule has 0 bridgehead atoms. The number of aryl methyl sites for hydroxylation is 2. The molecule has 0 amide bonds. The van der Waals surface area contributed by atoms with Crippen molar-refractivity contribution >= 4 is 0 Å². The first-order valence-electron chi connectivity index (χ1n) is 7.49. The van der Waals surface area contributed by atoms with Gasteiger partial charge in [0.05, 0.1) is 12.2 Å². The minimum atomic E-state index is 0.582. The van der Waals surface area contributed by atoms with Gasteiger partial charge in [-0.3, -0.25) is 4.68 Å². The van der Waals surface area contributed by atoms with E-state index in [1.807, 2.05) is 0 Å². The molecule has 20 heavy (non-hydrogen) atoms. The summed E-state index contributed by atoms with van der Waals surface area (Å²) in [7, 11) is 0. The van der Waals surface area contributed by atoms with Gasteiger partial charge in [-0.25, -0.2) is 0 Å². The van der Waals surface area contributed by atoms with Crippen molar-refractivity contribution in [2.45, 2.75) is 46.2 Å². The van der Waals surface area contributed by atoms with Gasteiger partial charge < -0.3 is 5.32 Å². The Labute approximate surface area is 121 Å². The fourth-order valence-corrected chi connectivity index (χ4v) is 3.21. The zero-order valence-electron chi connectivity index (χ0n) is 12.6. The lowest BCUT2D eigenvalue weighted by Gasteiger charge is -2.12. The van der Waals surface area contributed by atoms with Gasteiger partial charge in [0, 0.05) is 17.3 Å². The predicted molar refractivity (Wildman–Crippen MR) is 82.9 cm³/mol. The van der Waals surface area contributed by atoms with E-state index in [0.717, 1.165) is 18.8 Å². The Balaban J connectivity index is 1.93. The lowest BCUT2D eigenvalue weighted by atomic mass is 10.0. The van der Waals surface area contributed by atoms with Crippen LogP contribution >= 0.6 is 0 Å². The molecule has 1 unspecified atom stereocenters. The summed E-state index contributed by atoms with van der Waals surface area (Å²) in [6.45, 7) is 8.57. The van der Waals surface area contributed by atoms with Gasteiger partial charge in [-0.15, -0.1) is 0 Å². The highest BCUT2D eigenvalue weighted by molar-refractivity contribution is 5.69. The third-order valence-electron chi connectivity index (χ3n) is 4.24. The minimum Gasteiger partial charge on any atom is -0.312 e. The van der Waals surface area contributed by atoms with Crippen molar-refractivity contribution in [2.24, 2.45) is 0 Å². The fraction of sp³-hybridized carbons (Fsp3) is 0.471. The summed E-state index contributed by atoms with van der Waals surface area (Å²) in [4.78, 5) is 0. The SMILES string of the molecule is Cc1cccc(-c2c(C)nn(CC3CCCN3)c2C)c1. The summed E-state index contributed by atoms with van der Waals surface area (Å²) in [5.41, 5.74) is 6.29. The first-order valence-corrected chi connectivity index (χ1v) is 7.49. The smallest absolute Gasteiger partial charge is 0.0674 e.